The van der Waals surface area contributed by atoms with E-state index in [-0.39, 0.29) is 23.5 Å². The van der Waals surface area contributed by atoms with Crippen molar-refractivity contribution in [2.45, 2.75) is 79.3 Å². The Morgan fingerprint density at radius 3 is 1.89 bits per heavy atom. The highest BCUT2D eigenvalue weighted by molar-refractivity contribution is 5.24. The van der Waals surface area contributed by atoms with Gasteiger partial charge in [-0.05, 0) is 68.4 Å². The van der Waals surface area contributed by atoms with E-state index in [1.54, 1.807) is 0 Å². The molecule has 0 heterocycles. The largest absolute Gasteiger partial charge is 0.432 e. The Balaban J connectivity index is 0. The summed E-state index contributed by atoms with van der Waals surface area (Å²) in [7, 11) is 0. The van der Waals surface area contributed by atoms with Crippen LogP contribution in [0, 0.1) is 35.3 Å². The Kier molecular flexibility index (Phi) is 8.62. The van der Waals surface area contributed by atoms with Crippen LogP contribution in [0.5, 0.6) is 5.75 Å². The molecule has 0 atom stereocenters. The van der Waals surface area contributed by atoms with Crippen LogP contribution in [0.1, 0.15) is 76.0 Å². The first kappa shape index (κ1) is 23.8. The van der Waals surface area contributed by atoms with Crippen LogP contribution in [-0.4, -0.2) is 6.11 Å². The van der Waals surface area contributed by atoms with Crippen molar-refractivity contribution in [2.75, 3.05) is 0 Å². The first-order valence-electron chi connectivity index (χ1n) is 9.37. The quantitative estimate of drug-likeness (QED) is 0.466. The molecule has 5 heteroatoms. The molecule has 0 aliphatic heterocycles. The van der Waals surface area contributed by atoms with Crippen molar-refractivity contribution in [2.24, 2.45) is 23.7 Å². The van der Waals surface area contributed by atoms with Gasteiger partial charge in [0.25, 0.3) is 0 Å². The van der Waals surface area contributed by atoms with Crippen molar-refractivity contribution in [1.82, 2.24) is 0 Å². The molecule has 2 saturated carbocycles. The minimum Gasteiger partial charge on any atom is -0.432 e. The molecule has 1 aromatic carbocycles. The molecule has 160 valence electrons. The predicted octanol–water partition coefficient (Wildman–Crippen LogP) is 8.33. The summed E-state index contributed by atoms with van der Waals surface area (Å²) in [4.78, 5) is 0. The molecule has 0 N–H and O–H groups in total. The first-order chi connectivity index (χ1) is 11.8. The van der Waals surface area contributed by atoms with E-state index < -0.39 is 23.7 Å². The van der Waals surface area contributed by atoms with Gasteiger partial charge in [-0.3, -0.25) is 0 Å². The van der Waals surface area contributed by atoms with Crippen molar-refractivity contribution in [1.29, 1.82) is 0 Å². The van der Waals surface area contributed by atoms with Gasteiger partial charge in [0.15, 0.2) is 11.6 Å². The van der Waals surface area contributed by atoms with E-state index in [1.165, 1.54) is 25.7 Å². The molecule has 0 amide bonds. The molecule has 0 aromatic heterocycles. The smallest absolute Gasteiger partial charge is 0.400 e. The van der Waals surface area contributed by atoms with Crippen molar-refractivity contribution < 1.29 is 25.2 Å². The van der Waals surface area contributed by atoms with Gasteiger partial charge < -0.3 is 4.74 Å². The summed E-state index contributed by atoms with van der Waals surface area (Å²) in [5, 5.41) is 0. The van der Waals surface area contributed by atoms with E-state index in [1.807, 2.05) is 0 Å². The number of hydrogen-bond donors (Lipinski definition) is 0. The molecule has 1 nitrogen and oxygen atoms in total. The standard InChI is InChI=1S/C20H26F4O.2CH4.2H2/c1-13-2-4-14(5-3-13)15-6-8-16(9-7-15)20(23,24)25-17-10-11-18(21)19(22)12-17;;;;/h10-16H,2-9H2,1H3;2*1H4;2*1H. The lowest BCUT2D eigenvalue weighted by Gasteiger charge is -2.38. The van der Waals surface area contributed by atoms with Crippen LogP contribution < -0.4 is 4.74 Å². The Morgan fingerprint density at radius 1 is 0.852 bits per heavy atom. The van der Waals surface area contributed by atoms with Gasteiger partial charge in [-0.1, -0.05) is 34.6 Å². The number of hydrogen-bond acceptors (Lipinski definition) is 1. The second-order valence-electron chi connectivity index (χ2n) is 7.87. The van der Waals surface area contributed by atoms with Gasteiger partial charge in [0, 0.05) is 8.92 Å². The van der Waals surface area contributed by atoms with Gasteiger partial charge in [0.05, 0.1) is 5.92 Å². The minimum atomic E-state index is -3.35. The fourth-order valence-electron chi connectivity index (χ4n) is 4.46. The van der Waals surface area contributed by atoms with E-state index >= 15 is 0 Å². The summed E-state index contributed by atoms with van der Waals surface area (Å²) in [6, 6.07) is 2.53. The van der Waals surface area contributed by atoms with Crippen molar-refractivity contribution >= 4 is 0 Å². The van der Waals surface area contributed by atoms with Gasteiger partial charge in [-0.2, -0.15) is 8.78 Å². The van der Waals surface area contributed by atoms with Crippen molar-refractivity contribution in [3.63, 3.8) is 0 Å². The zero-order chi connectivity index (χ0) is 18.0. The maximum Gasteiger partial charge on any atom is 0.400 e. The fraction of sp³-hybridized carbons (Fsp3) is 0.727. The Bertz CT molecular complexity index is 584. The summed E-state index contributed by atoms with van der Waals surface area (Å²) >= 11 is 0. The van der Waals surface area contributed by atoms with Crippen LogP contribution in [0.25, 0.3) is 0 Å². The third kappa shape index (κ3) is 5.86. The monoisotopic (exact) mass is 394 g/mol. The minimum absolute atomic E-state index is 0. The Hall–Kier alpha value is -1.26. The highest BCUT2D eigenvalue weighted by atomic mass is 19.3. The van der Waals surface area contributed by atoms with E-state index in [0.717, 1.165) is 30.9 Å². The molecule has 0 saturated heterocycles. The van der Waals surface area contributed by atoms with E-state index in [4.69, 9.17) is 4.74 Å². The first-order valence-corrected chi connectivity index (χ1v) is 9.37. The lowest BCUT2D eigenvalue weighted by atomic mass is 9.69. The molecule has 0 spiro atoms. The third-order valence-corrected chi connectivity index (χ3v) is 6.12. The summed E-state index contributed by atoms with van der Waals surface area (Å²) in [5.74, 6) is -1.42. The molecular weight excluding hydrogens is 356 g/mol. The van der Waals surface area contributed by atoms with E-state index in [9.17, 15) is 17.6 Å². The van der Waals surface area contributed by atoms with Crippen LogP contribution in [0.4, 0.5) is 17.6 Å². The average Bonchev–Trinajstić information content (AvgIpc) is 2.59. The van der Waals surface area contributed by atoms with Crippen LogP contribution >= 0.6 is 0 Å². The summed E-state index contributed by atoms with van der Waals surface area (Å²) < 4.78 is 59.6. The maximum absolute atomic E-state index is 14.4. The molecule has 3 rings (SSSR count). The molecule has 27 heavy (non-hydrogen) atoms. The molecule has 2 fully saturated rings. The van der Waals surface area contributed by atoms with Gasteiger partial charge in [-0.15, -0.1) is 0 Å². The zero-order valence-corrected chi connectivity index (χ0v) is 14.6. The highest BCUT2D eigenvalue weighted by Gasteiger charge is 2.45. The molecular formula is C22H38F4O. The predicted molar refractivity (Wildman–Crippen MR) is 106 cm³/mol. The SMILES string of the molecule is C.C.CC1CCC(C2CCC(C(F)(F)Oc3ccc(F)c(F)c3)CC2)CC1.[HH].[HH]. The van der Waals surface area contributed by atoms with Gasteiger partial charge in [0.1, 0.15) is 5.75 Å². The maximum atomic E-state index is 14.4. The zero-order valence-electron chi connectivity index (χ0n) is 14.6. The number of ether oxygens (including phenoxy) is 1. The summed E-state index contributed by atoms with van der Waals surface area (Å²) in [5.41, 5.74) is 0. The average molecular weight is 395 g/mol. The van der Waals surface area contributed by atoms with Gasteiger partial charge >= 0.3 is 6.11 Å². The molecule has 0 unspecified atom stereocenters. The van der Waals surface area contributed by atoms with Crippen LogP contribution in [0.15, 0.2) is 18.2 Å². The van der Waals surface area contributed by atoms with Crippen LogP contribution in [0.2, 0.25) is 0 Å². The molecule has 2 aliphatic rings. The molecule has 0 radical (unpaired) electrons. The highest BCUT2D eigenvalue weighted by Crippen LogP contribution is 2.45. The van der Waals surface area contributed by atoms with Crippen LogP contribution in [0.3, 0.4) is 0 Å². The Labute approximate surface area is 164 Å². The Morgan fingerprint density at radius 2 is 1.37 bits per heavy atom. The van der Waals surface area contributed by atoms with Gasteiger partial charge in [-0.25, -0.2) is 8.78 Å². The third-order valence-electron chi connectivity index (χ3n) is 6.12. The molecule has 2 aliphatic carbocycles. The summed E-state index contributed by atoms with van der Waals surface area (Å²) in [6.45, 7) is 2.28. The lowest BCUT2D eigenvalue weighted by molar-refractivity contribution is -0.224. The normalized spacial score (nSPS) is 28.6. The number of halogens is 4. The molecule has 0 bridgehead atoms. The lowest BCUT2D eigenvalue weighted by Crippen LogP contribution is -2.38. The summed E-state index contributed by atoms with van der Waals surface area (Å²) in [6.07, 6.45) is 4.05. The molecule has 1 aromatic rings. The number of alkyl halides is 2. The number of benzene rings is 1. The second-order valence-corrected chi connectivity index (χ2v) is 7.87. The fourth-order valence-corrected chi connectivity index (χ4v) is 4.46. The topological polar surface area (TPSA) is 9.23 Å². The second kappa shape index (κ2) is 9.79. The van der Waals surface area contributed by atoms with E-state index in [0.29, 0.717) is 30.7 Å². The van der Waals surface area contributed by atoms with Crippen molar-refractivity contribution in [3.8, 4) is 5.75 Å². The number of rotatable bonds is 4. The van der Waals surface area contributed by atoms with Crippen LogP contribution in [-0.2, 0) is 0 Å². The van der Waals surface area contributed by atoms with Crippen molar-refractivity contribution in [3.05, 3.63) is 29.8 Å². The van der Waals surface area contributed by atoms with Gasteiger partial charge in [0.2, 0.25) is 0 Å². The van der Waals surface area contributed by atoms with E-state index in [2.05, 4.69) is 6.92 Å².